The van der Waals surface area contributed by atoms with E-state index in [2.05, 4.69) is 4.98 Å². The number of aryl methyl sites for hydroxylation is 1. The van der Waals surface area contributed by atoms with E-state index in [1.54, 1.807) is 13.3 Å². The second-order valence-electron chi connectivity index (χ2n) is 5.51. The number of aromatic nitrogens is 1. The molecule has 1 aromatic heterocycles. The zero-order valence-electron chi connectivity index (χ0n) is 13.2. The molecule has 3 rings (SSSR count). The molecule has 3 aromatic rings. The van der Waals surface area contributed by atoms with Crippen LogP contribution in [0.15, 0.2) is 66.9 Å². The topological polar surface area (TPSA) is 42.4 Å². The van der Waals surface area contributed by atoms with Crippen molar-refractivity contribution in [2.24, 2.45) is 0 Å². The quantitative estimate of drug-likeness (QED) is 0.787. The third kappa shape index (κ3) is 3.25. The molecule has 2 aromatic carbocycles. The first-order chi connectivity index (χ1) is 11.2. The van der Waals surface area contributed by atoms with Crippen molar-refractivity contribution in [1.29, 1.82) is 0 Å². The molecule has 0 saturated carbocycles. The number of ether oxygens (including phenoxy) is 1. The van der Waals surface area contributed by atoms with Crippen LogP contribution < -0.4 is 4.74 Å². The zero-order valence-corrected chi connectivity index (χ0v) is 13.2. The van der Waals surface area contributed by atoms with Gasteiger partial charge in [-0.2, -0.15) is 0 Å². The second-order valence-corrected chi connectivity index (χ2v) is 5.51. The Morgan fingerprint density at radius 2 is 1.74 bits per heavy atom. The van der Waals surface area contributed by atoms with E-state index < -0.39 is 6.10 Å². The van der Waals surface area contributed by atoms with Crippen LogP contribution in [0.5, 0.6) is 5.88 Å². The summed E-state index contributed by atoms with van der Waals surface area (Å²) in [6.45, 7) is 2.01. The lowest BCUT2D eigenvalue weighted by Crippen LogP contribution is -2.04. The number of methoxy groups -OCH3 is 1. The number of hydrogen-bond donors (Lipinski definition) is 1. The van der Waals surface area contributed by atoms with E-state index in [1.807, 2.05) is 67.6 Å². The van der Waals surface area contributed by atoms with Gasteiger partial charge < -0.3 is 9.84 Å². The van der Waals surface area contributed by atoms with E-state index in [-0.39, 0.29) is 0 Å². The maximum atomic E-state index is 10.8. The molecular formula is C20H19NO2. The SMILES string of the molecule is COc1ncc(-c2ccccc2)cc1C(O)c1cccc(C)c1. The molecule has 0 radical (unpaired) electrons. The molecule has 0 saturated heterocycles. The van der Waals surface area contributed by atoms with Gasteiger partial charge in [-0.25, -0.2) is 4.98 Å². The lowest BCUT2D eigenvalue weighted by atomic mass is 9.98. The van der Waals surface area contributed by atoms with Crippen LogP contribution >= 0.6 is 0 Å². The van der Waals surface area contributed by atoms with E-state index in [0.29, 0.717) is 11.4 Å². The molecule has 0 fully saturated rings. The monoisotopic (exact) mass is 305 g/mol. The van der Waals surface area contributed by atoms with Crippen molar-refractivity contribution < 1.29 is 9.84 Å². The molecule has 1 atom stereocenters. The minimum Gasteiger partial charge on any atom is -0.481 e. The molecule has 0 spiro atoms. The van der Waals surface area contributed by atoms with E-state index in [9.17, 15) is 5.11 Å². The Hall–Kier alpha value is -2.65. The fourth-order valence-electron chi connectivity index (χ4n) is 2.64. The number of pyridine rings is 1. The van der Waals surface area contributed by atoms with Gasteiger partial charge >= 0.3 is 0 Å². The Bertz CT molecular complexity index is 800. The van der Waals surface area contributed by atoms with E-state index in [1.165, 1.54) is 0 Å². The van der Waals surface area contributed by atoms with Crippen LogP contribution in [0.25, 0.3) is 11.1 Å². The maximum absolute atomic E-state index is 10.8. The van der Waals surface area contributed by atoms with Crippen LogP contribution in [-0.2, 0) is 0 Å². The fraction of sp³-hybridized carbons (Fsp3) is 0.150. The van der Waals surface area contributed by atoms with E-state index in [4.69, 9.17) is 4.74 Å². The third-order valence-corrected chi connectivity index (χ3v) is 3.83. The number of benzene rings is 2. The summed E-state index contributed by atoms with van der Waals surface area (Å²) in [7, 11) is 1.57. The number of hydrogen-bond acceptors (Lipinski definition) is 3. The van der Waals surface area contributed by atoms with Crippen molar-refractivity contribution >= 4 is 0 Å². The van der Waals surface area contributed by atoms with Crippen LogP contribution in [0.2, 0.25) is 0 Å². The molecule has 0 bridgehead atoms. The van der Waals surface area contributed by atoms with Crippen LogP contribution in [0.3, 0.4) is 0 Å². The van der Waals surface area contributed by atoms with Gasteiger partial charge in [0.2, 0.25) is 5.88 Å². The number of aliphatic hydroxyl groups is 1. The Morgan fingerprint density at radius 3 is 2.43 bits per heavy atom. The van der Waals surface area contributed by atoms with Crippen molar-refractivity contribution in [3.63, 3.8) is 0 Å². The Morgan fingerprint density at radius 1 is 0.957 bits per heavy atom. The highest BCUT2D eigenvalue weighted by atomic mass is 16.5. The Kier molecular flexibility index (Phi) is 4.40. The summed E-state index contributed by atoms with van der Waals surface area (Å²) in [5.41, 5.74) is 4.61. The van der Waals surface area contributed by atoms with E-state index >= 15 is 0 Å². The van der Waals surface area contributed by atoms with Crippen LogP contribution in [-0.4, -0.2) is 17.2 Å². The minimum absolute atomic E-state index is 0.443. The molecule has 0 aliphatic carbocycles. The van der Waals surface area contributed by atoms with Gasteiger partial charge in [-0.15, -0.1) is 0 Å². The first-order valence-corrected chi connectivity index (χ1v) is 7.53. The smallest absolute Gasteiger partial charge is 0.219 e. The van der Waals surface area contributed by atoms with Gasteiger partial charge in [0.15, 0.2) is 0 Å². The molecule has 0 aliphatic heterocycles. The second kappa shape index (κ2) is 6.63. The van der Waals surface area contributed by atoms with Gasteiger partial charge in [0.1, 0.15) is 6.10 Å². The van der Waals surface area contributed by atoms with Crippen molar-refractivity contribution in [3.05, 3.63) is 83.6 Å². The third-order valence-electron chi connectivity index (χ3n) is 3.83. The largest absolute Gasteiger partial charge is 0.481 e. The number of aliphatic hydroxyl groups excluding tert-OH is 1. The summed E-state index contributed by atoms with van der Waals surface area (Å²) < 4.78 is 5.34. The first-order valence-electron chi connectivity index (χ1n) is 7.53. The average Bonchev–Trinajstić information content (AvgIpc) is 2.61. The van der Waals surface area contributed by atoms with Gasteiger partial charge in [0.05, 0.1) is 7.11 Å². The van der Waals surface area contributed by atoms with Crippen LogP contribution in [0.1, 0.15) is 22.8 Å². The normalized spacial score (nSPS) is 12.0. The highest BCUT2D eigenvalue weighted by Crippen LogP contribution is 2.32. The molecule has 0 aliphatic rings. The summed E-state index contributed by atoms with van der Waals surface area (Å²) in [6, 6.07) is 19.7. The fourth-order valence-corrected chi connectivity index (χ4v) is 2.64. The molecule has 1 heterocycles. The van der Waals surface area contributed by atoms with Gasteiger partial charge in [-0.3, -0.25) is 0 Å². The molecule has 3 heteroatoms. The van der Waals surface area contributed by atoms with Gasteiger partial charge in [0, 0.05) is 17.3 Å². The highest BCUT2D eigenvalue weighted by Gasteiger charge is 2.18. The standard InChI is InChI=1S/C20H19NO2/c1-14-7-6-10-16(11-14)19(22)18-12-17(13-21-20(18)23-2)15-8-4-3-5-9-15/h3-13,19,22H,1-2H3. The van der Waals surface area contributed by atoms with Gasteiger partial charge in [-0.1, -0.05) is 60.2 Å². The molecular weight excluding hydrogens is 286 g/mol. The maximum Gasteiger partial charge on any atom is 0.219 e. The first kappa shape index (κ1) is 15.3. The Labute approximate surface area is 136 Å². The summed E-state index contributed by atoms with van der Waals surface area (Å²) in [6.07, 6.45) is 0.988. The summed E-state index contributed by atoms with van der Waals surface area (Å²) in [4.78, 5) is 4.36. The minimum atomic E-state index is -0.777. The molecule has 3 nitrogen and oxygen atoms in total. The summed E-state index contributed by atoms with van der Waals surface area (Å²) >= 11 is 0. The lowest BCUT2D eigenvalue weighted by Gasteiger charge is -2.16. The summed E-state index contributed by atoms with van der Waals surface area (Å²) in [5.74, 6) is 0.443. The number of rotatable bonds is 4. The highest BCUT2D eigenvalue weighted by molar-refractivity contribution is 5.64. The van der Waals surface area contributed by atoms with Crippen molar-refractivity contribution in [3.8, 4) is 17.0 Å². The average molecular weight is 305 g/mol. The number of nitrogens with zero attached hydrogens (tertiary/aromatic N) is 1. The molecule has 23 heavy (non-hydrogen) atoms. The molecule has 1 N–H and O–H groups in total. The predicted molar refractivity (Wildman–Crippen MR) is 91.5 cm³/mol. The van der Waals surface area contributed by atoms with Crippen LogP contribution in [0, 0.1) is 6.92 Å². The van der Waals surface area contributed by atoms with Gasteiger partial charge in [-0.05, 0) is 24.1 Å². The summed E-state index contributed by atoms with van der Waals surface area (Å²) in [5, 5.41) is 10.8. The Balaban J connectivity index is 2.06. The van der Waals surface area contributed by atoms with E-state index in [0.717, 1.165) is 22.3 Å². The lowest BCUT2D eigenvalue weighted by molar-refractivity contribution is 0.213. The molecule has 0 amide bonds. The predicted octanol–water partition coefficient (Wildman–Crippen LogP) is 4.15. The van der Waals surface area contributed by atoms with Crippen LogP contribution in [0.4, 0.5) is 0 Å². The molecule has 1 unspecified atom stereocenters. The van der Waals surface area contributed by atoms with Crippen molar-refractivity contribution in [2.75, 3.05) is 7.11 Å². The van der Waals surface area contributed by atoms with Crippen molar-refractivity contribution in [2.45, 2.75) is 13.0 Å². The molecule has 116 valence electrons. The van der Waals surface area contributed by atoms with Gasteiger partial charge in [0.25, 0.3) is 0 Å². The zero-order chi connectivity index (χ0) is 16.2. The van der Waals surface area contributed by atoms with Crippen molar-refractivity contribution in [1.82, 2.24) is 4.98 Å².